The molecule has 7 nitrogen and oxygen atoms in total. The van der Waals surface area contributed by atoms with Crippen molar-refractivity contribution in [2.45, 2.75) is 32.5 Å². The molecule has 1 aromatic carbocycles. The van der Waals surface area contributed by atoms with Gasteiger partial charge in [-0.05, 0) is 18.4 Å². The number of Topliss-reactive ketones (excluding diaryl/α,β-unsaturated/α-hetero) is 1. The number of benzene rings is 1. The van der Waals surface area contributed by atoms with Crippen LogP contribution < -0.4 is 10.7 Å². The fourth-order valence-corrected chi connectivity index (χ4v) is 4.15. The third-order valence-corrected chi connectivity index (χ3v) is 5.79. The average molecular weight is 418 g/mol. The summed E-state index contributed by atoms with van der Waals surface area (Å²) >= 11 is 0. The van der Waals surface area contributed by atoms with Crippen LogP contribution in [0.25, 0.3) is 0 Å². The maximum atomic E-state index is 13.8. The van der Waals surface area contributed by atoms with Crippen LogP contribution in [0.2, 0.25) is 0 Å². The van der Waals surface area contributed by atoms with Crippen molar-refractivity contribution in [1.82, 2.24) is 9.88 Å². The molecule has 0 aliphatic carbocycles. The third kappa shape index (κ3) is 3.39. The third-order valence-electron chi connectivity index (χ3n) is 5.79. The molecule has 1 amide bonds. The molecule has 0 bridgehead atoms. The van der Waals surface area contributed by atoms with Gasteiger partial charge in [-0.1, -0.05) is 13.0 Å². The van der Waals surface area contributed by atoms with E-state index in [1.165, 1.54) is 16.8 Å². The van der Waals surface area contributed by atoms with Crippen molar-refractivity contribution in [2.24, 2.45) is 11.8 Å². The zero-order valence-corrected chi connectivity index (χ0v) is 16.2. The summed E-state index contributed by atoms with van der Waals surface area (Å²) in [5.41, 5.74) is -1.45. The monoisotopic (exact) mass is 418 g/mol. The van der Waals surface area contributed by atoms with Crippen molar-refractivity contribution in [1.29, 1.82) is 0 Å². The molecule has 2 aliphatic heterocycles. The number of nitrogens with one attached hydrogen (secondary N) is 1. The number of aromatic hydroxyl groups is 1. The second kappa shape index (κ2) is 7.64. The summed E-state index contributed by atoms with van der Waals surface area (Å²) in [6, 6.07) is 2.92. The predicted molar refractivity (Wildman–Crippen MR) is 101 cm³/mol. The molecule has 1 fully saturated rings. The first kappa shape index (κ1) is 20.2. The molecule has 1 saturated heterocycles. The normalized spacial score (nSPS) is 22.9. The molecule has 0 radical (unpaired) electrons. The fraction of sp³-hybridized carbons (Fsp3) is 0.381. The van der Waals surface area contributed by atoms with Crippen LogP contribution in [-0.4, -0.2) is 34.1 Å². The largest absolute Gasteiger partial charge is 0.503 e. The molecular formula is C21H20F2N2O5. The minimum Gasteiger partial charge on any atom is -0.503 e. The lowest BCUT2D eigenvalue weighted by molar-refractivity contribution is -0.0553. The van der Waals surface area contributed by atoms with Crippen LogP contribution in [0, 0.1) is 23.5 Å². The molecule has 0 spiro atoms. The zero-order valence-electron chi connectivity index (χ0n) is 16.2. The molecule has 3 atom stereocenters. The van der Waals surface area contributed by atoms with Crippen LogP contribution in [-0.2, 0) is 17.8 Å². The van der Waals surface area contributed by atoms with E-state index in [9.17, 15) is 28.3 Å². The Morgan fingerprint density at radius 2 is 2.10 bits per heavy atom. The van der Waals surface area contributed by atoms with E-state index in [2.05, 4.69) is 5.32 Å². The van der Waals surface area contributed by atoms with Gasteiger partial charge in [0.1, 0.15) is 22.9 Å². The Bertz CT molecular complexity index is 1100. The summed E-state index contributed by atoms with van der Waals surface area (Å²) < 4.78 is 33.8. The summed E-state index contributed by atoms with van der Waals surface area (Å²) in [4.78, 5) is 38.0. The first-order valence-corrected chi connectivity index (χ1v) is 9.62. The van der Waals surface area contributed by atoms with Crippen LogP contribution in [0.3, 0.4) is 0 Å². The highest BCUT2D eigenvalue weighted by Gasteiger charge is 2.43. The minimum absolute atomic E-state index is 0.0367. The van der Waals surface area contributed by atoms with E-state index in [1.54, 1.807) is 0 Å². The van der Waals surface area contributed by atoms with Gasteiger partial charge in [-0.15, -0.1) is 0 Å². The molecule has 9 heteroatoms. The average Bonchev–Trinajstić information content (AvgIpc) is 2.69. The number of carbonyl (C=O) groups excluding carboxylic acids is 2. The molecule has 158 valence electrons. The lowest BCUT2D eigenvalue weighted by Crippen LogP contribution is -2.48. The van der Waals surface area contributed by atoms with Gasteiger partial charge in [-0.3, -0.25) is 14.4 Å². The van der Waals surface area contributed by atoms with E-state index >= 15 is 0 Å². The summed E-state index contributed by atoms with van der Waals surface area (Å²) in [6.45, 7) is 2.38. The second-order valence-electron chi connectivity index (χ2n) is 7.71. The van der Waals surface area contributed by atoms with Gasteiger partial charge in [-0.2, -0.15) is 0 Å². The van der Waals surface area contributed by atoms with Crippen LogP contribution in [0.1, 0.15) is 39.8 Å². The van der Waals surface area contributed by atoms with Crippen LogP contribution in [0.15, 0.2) is 29.2 Å². The van der Waals surface area contributed by atoms with Gasteiger partial charge in [0.2, 0.25) is 5.43 Å². The van der Waals surface area contributed by atoms with Crippen molar-refractivity contribution in [3.05, 3.63) is 63.1 Å². The van der Waals surface area contributed by atoms with Gasteiger partial charge in [0.05, 0.1) is 12.0 Å². The van der Waals surface area contributed by atoms with Crippen LogP contribution >= 0.6 is 0 Å². The molecule has 3 heterocycles. The number of aromatic nitrogens is 1. The number of ether oxygens (including phenoxy) is 1. The van der Waals surface area contributed by atoms with Crippen molar-refractivity contribution >= 4 is 11.7 Å². The highest BCUT2D eigenvalue weighted by Crippen LogP contribution is 2.36. The minimum atomic E-state index is -0.977. The summed E-state index contributed by atoms with van der Waals surface area (Å²) in [7, 11) is 0. The molecule has 30 heavy (non-hydrogen) atoms. The zero-order chi connectivity index (χ0) is 21.6. The number of hydrogen-bond acceptors (Lipinski definition) is 5. The Balaban J connectivity index is 1.63. The lowest BCUT2D eigenvalue weighted by atomic mass is 9.78. The predicted octanol–water partition coefficient (Wildman–Crippen LogP) is 2.00. The second-order valence-corrected chi connectivity index (χ2v) is 7.71. The van der Waals surface area contributed by atoms with Gasteiger partial charge in [0.15, 0.2) is 11.5 Å². The SMILES string of the molecule is C[C@@H]1CCOC2Cn3cc(C(=O)NCc4ccc(F)cc4F)c(=O)c(O)c3C(=O)[C@H]21. The van der Waals surface area contributed by atoms with Crippen LogP contribution in [0.4, 0.5) is 8.78 Å². The molecule has 2 aromatic rings. The topological polar surface area (TPSA) is 97.6 Å². The number of pyridine rings is 1. The van der Waals surface area contributed by atoms with E-state index in [0.717, 1.165) is 6.07 Å². The first-order valence-electron chi connectivity index (χ1n) is 9.62. The summed E-state index contributed by atoms with van der Waals surface area (Å²) in [5.74, 6) is -3.99. The molecule has 2 N–H and O–H groups in total. The van der Waals surface area contributed by atoms with Gasteiger partial charge in [0.25, 0.3) is 5.91 Å². The maximum Gasteiger partial charge on any atom is 0.257 e. The Morgan fingerprint density at radius 1 is 1.33 bits per heavy atom. The number of ketones is 1. The van der Waals surface area contributed by atoms with Gasteiger partial charge in [-0.25, -0.2) is 8.78 Å². The van der Waals surface area contributed by atoms with E-state index in [0.29, 0.717) is 19.1 Å². The molecule has 0 saturated carbocycles. The van der Waals surface area contributed by atoms with E-state index in [4.69, 9.17) is 4.74 Å². The van der Waals surface area contributed by atoms with E-state index < -0.39 is 40.7 Å². The smallest absolute Gasteiger partial charge is 0.257 e. The number of rotatable bonds is 3. The van der Waals surface area contributed by atoms with Crippen molar-refractivity contribution < 1.29 is 28.2 Å². The molecule has 1 aromatic heterocycles. The highest BCUT2D eigenvalue weighted by atomic mass is 19.1. The molecule has 2 aliphatic rings. The van der Waals surface area contributed by atoms with Gasteiger partial charge in [0, 0.05) is 37.5 Å². The standard InChI is InChI=1S/C21H20F2N2O5/c1-10-4-5-30-15-9-25-8-13(18(26)20(28)17(25)19(27)16(10)15)21(29)24-7-11-2-3-12(22)6-14(11)23/h2-3,6,8,10,15-16,28H,4-5,7,9H2,1H3,(H,24,29)/t10-,15?,16+/m1/s1. The summed E-state index contributed by atoms with van der Waals surface area (Å²) in [6.07, 6.45) is 1.52. The Morgan fingerprint density at radius 3 is 2.83 bits per heavy atom. The number of carbonyl (C=O) groups is 2. The quantitative estimate of drug-likeness (QED) is 0.795. The molecular weight excluding hydrogens is 398 g/mol. The Kier molecular flexibility index (Phi) is 5.15. The van der Waals surface area contributed by atoms with Gasteiger partial charge >= 0.3 is 0 Å². The first-order chi connectivity index (χ1) is 14.3. The van der Waals surface area contributed by atoms with Crippen LogP contribution in [0.5, 0.6) is 5.75 Å². The molecule has 4 rings (SSSR count). The highest BCUT2D eigenvalue weighted by molar-refractivity contribution is 6.01. The number of amides is 1. The van der Waals surface area contributed by atoms with E-state index in [1.807, 2.05) is 6.92 Å². The van der Waals surface area contributed by atoms with Gasteiger partial charge < -0.3 is 19.7 Å². The van der Waals surface area contributed by atoms with E-state index in [-0.39, 0.29) is 41.6 Å². The Hall–Kier alpha value is -3.07. The number of nitrogens with zero attached hydrogens (tertiary/aromatic N) is 1. The van der Waals surface area contributed by atoms with Crippen molar-refractivity contribution in [3.63, 3.8) is 0 Å². The number of halogens is 2. The number of hydrogen-bond donors (Lipinski definition) is 2. The van der Waals surface area contributed by atoms with Crippen molar-refractivity contribution in [3.8, 4) is 5.75 Å². The summed E-state index contributed by atoms with van der Waals surface area (Å²) in [5, 5.41) is 12.8. The molecule has 1 unspecified atom stereocenters. The number of fused-ring (bicyclic) bond motifs is 2. The fourth-order valence-electron chi connectivity index (χ4n) is 4.15. The van der Waals surface area contributed by atoms with Crippen molar-refractivity contribution in [2.75, 3.05) is 6.61 Å². The Labute approximate surface area is 170 Å². The maximum absolute atomic E-state index is 13.8. The lowest BCUT2D eigenvalue weighted by Gasteiger charge is -2.40.